The van der Waals surface area contributed by atoms with Crippen molar-refractivity contribution in [3.8, 4) is 0 Å². The zero-order valence-corrected chi connectivity index (χ0v) is 21.1. The van der Waals surface area contributed by atoms with Gasteiger partial charge >= 0.3 is 0 Å². The number of amides is 2. The summed E-state index contributed by atoms with van der Waals surface area (Å²) in [5.74, 6) is 0.625. The van der Waals surface area contributed by atoms with E-state index in [1.165, 1.54) is 23.9 Å². The van der Waals surface area contributed by atoms with Crippen LogP contribution in [0.1, 0.15) is 30.5 Å². The Morgan fingerprint density at radius 1 is 0.857 bits per heavy atom. The number of nitrogens with zero attached hydrogens (tertiary/aromatic N) is 1. The quantitative estimate of drug-likeness (QED) is 0.365. The first-order valence-electron chi connectivity index (χ1n) is 11.9. The molecule has 2 amide bonds. The van der Waals surface area contributed by atoms with Gasteiger partial charge in [0.2, 0.25) is 11.8 Å². The fourth-order valence-electron chi connectivity index (χ4n) is 3.68. The molecule has 4 nitrogen and oxygen atoms in total. The molecule has 0 fully saturated rings. The molecule has 0 heterocycles. The Morgan fingerprint density at radius 2 is 1.46 bits per heavy atom. The second-order valence-electron chi connectivity index (χ2n) is 8.97. The average molecular weight is 493 g/mol. The van der Waals surface area contributed by atoms with Gasteiger partial charge in [-0.15, -0.1) is 11.8 Å². The van der Waals surface area contributed by atoms with Crippen molar-refractivity contribution in [1.82, 2.24) is 10.2 Å². The number of halogens is 1. The normalized spacial score (nSPS) is 11.8. The van der Waals surface area contributed by atoms with Crippen LogP contribution in [0.15, 0.2) is 84.9 Å². The van der Waals surface area contributed by atoms with Crippen molar-refractivity contribution in [1.29, 1.82) is 0 Å². The highest BCUT2D eigenvalue weighted by Crippen LogP contribution is 2.19. The van der Waals surface area contributed by atoms with Crippen LogP contribution >= 0.6 is 11.8 Å². The third kappa shape index (κ3) is 8.87. The molecule has 3 rings (SSSR count). The van der Waals surface area contributed by atoms with Crippen LogP contribution in [0.3, 0.4) is 0 Å². The third-order valence-corrected chi connectivity index (χ3v) is 6.55. The lowest BCUT2D eigenvalue weighted by molar-refractivity contribution is -0.139. The number of thioether (sulfide) groups is 1. The highest BCUT2D eigenvalue weighted by atomic mass is 32.2. The zero-order valence-electron chi connectivity index (χ0n) is 20.3. The molecule has 35 heavy (non-hydrogen) atoms. The maximum Gasteiger partial charge on any atom is 0.243 e. The maximum atomic E-state index is 13.5. The molecule has 0 spiro atoms. The minimum Gasteiger partial charge on any atom is -0.354 e. The third-order valence-electron chi connectivity index (χ3n) is 5.56. The predicted octanol–water partition coefficient (Wildman–Crippen LogP) is 5.47. The van der Waals surface area contributed by atoms with Crippen molar-refractivity contribution in [2.24, 2.45) is 5.92 Å². The lowest BCUT2D eigenvalue weighted by Crippen LogP contribution is -2.51. The summed E-state index contributed by atoms with van der Waals surface area (Å²) in [5, 5.41) is 3.02. The van der Waals surface area contributed by atoms with Gasteiger partial charge < -0.3 is 10.2 Å². The van der Waals surface area contributed by atoms with E-state index in [2.05, 4.69) is 5.32 Å². The van der Waals surface area contributed by atoms with Crippen LogP contribution in [0, 0.1) is 11.7 Å². The molecule has 0 unspecified atom stereocenters. The minimum atomic E-state index is -0.675. The van der Waals surface area contributed by atoms with Crippen molar-refractivity contribution < 1.29 is 14.0 Å². The summed E-state index contributed by atoms with van der Waals surface area (Å²) in [6.45, 7) is 4.84. The first-order chi connectivity index (χ1) is 16.9. The monoisotopic (exact) mass is 492 g/mol. The standard InChI is InChI=1S/C29H33FN2O2S/c1-22(2)18-31-29(34)27(17-23-9-5-3-6-10-23)32(19-24-13-15-26(30)16-14-24)28(33)21-35-20-25-11-7-4-8-12-25/h3-16,22,27H,17-21H2,1-2H3,(H,31,34)/t27-/m1/s1. The number of nitrogens with one attached hydrogen (secondary N) is 1. The summed E-state index contributed by atoms with van der Waals surface area (Å²) in [6.07, 6.45) is 0.404. The van der Waals surface area contributed by atoms with Crippen LogP contribution in [0.4, 0.5) is 4.39 Å². The van der Waals surface area contributed by atoms with Gasteiger partial charge in [-0.1, -0.05) is 86.6 Å². The van der Waals surface area contributed by atoms with E-state index in [0.29, 0.717) is 24.6 Å². The summed E-state index contributed by atoms with van der Waals surface area (Å²) in [7, 11) is 0. The Kier molecular flexibility index (Phi) is 10.4. The molecule has 0 saturated carbocycles. The summed E-state index contributed by atoms with van der Waals surface area (Å²) in [4.78, 5) is 28.5. The molecular formula is C29H33FN2O2S. The molecule has 6 heteroatoms. The summed E-state index contributed by atoms with van der Waals surface area (Å²) in [5.41, 5.74) is 2.90. The number of carbonyl (C=O) groups is 2. The molecule has 3 aromatic rings. The SMILES string of the molecule is CC(C)CNC(=O)[C@@H](Cc1ccccc1)N(Cc1ccc(F)cc1)C(=O)CSCc1ccccc1. The molecular weight excluding hydrogens is 459 g/mol. The van der Waals surface area contributed by atoms with Crippen LogP contribution in [0.25, 0.3) is 0 Å². The second-order valence-corrected chi connectivity index (χ2v) is 9.96. The van der Waals surface area contributed by atoms with Crippen LogP contribution < -0.4 is 5.32 Å². The molecule has 1 N–H and O–H groups in total. The van der Waals surface area contributed by atoms with Gasteiger partial charge in [-0.05, 0) is 34.7 Å². The first kappa shape index (κ1) is 26.5. The van der Waals surface area contributed by atoms with Gasteiger partial charge in [0, 0.05) is 25.3 Å². The maximum absolute atomic E-state index is 13.5. The van der Waals surface area contributed by atoms with E-state index in [0.717, 1.165) is 16.7 Å². The Bertz CT molecular complexity index is 1060. The number of hydrogen-bond donors (Lipinski definition) is 1. The van der Waals surface area contributed by atoms with Crippen molar-refractivity contribution in [3.63, 3.8) is 0 Å². The summed E-state index contributed by atoms with van der Waals surface area (Å²) >= 11 is 1.53. The zero-order chi connectivity index (χ0) is 25.0. The number of rotatable bonds is 12. The summed E-state index contributed by atoms with van der Waals surface area (Å²) in [6, 6.07) is 25.1. The topological polar surface area (TPSA) is 49.4 Å². The Balaban J connectivity index is 1.83. The molecule has 0 aliphatic carbocycles. The van der Waals surface area contributed by atoms with E-state index in [1.54, 1.807) is 17.0 Å². The van der Waals surface area contributed by atoms with Gasteiger partial charge in [0.1, 0.15) is 11.9 Å². The molecule has 3 aromatic carbocycles. The highest BCUT2D eigenvalue weighted by molar-refractivity contribution is 7.99. The van der Waals surface area contributed by atoms with E-state index in [4.69, 9.17) is 0 Å². The van der Waals surface area contributed by atoms with Crippen LogP contribution in [-0.2, 0) is 28.3 Å². The van der Waals surface area contributed by atoms with Crippen LogP contribution in [0.5, 0.6) is 0 Å². The van der Waals surface area contributed by atoms with Gasteiger partial charge in [-0.25, -0.2) is 4.39 Å². The van der Waals surface area contributed by atoms with Gasteiger partial charge in [-0.2, -0.15) is 0 Å². The highest BCUT2D eigenvalue weighted by Gasteiger charge is 2.30. The predicted molar refractivity (Wildman–Crippen MR) is 141 cm³/mol. The Morgan fingerprint density at radius 3 is 2.06 bits per heavy atom. The van der Waals surface area contributed by atoms with Crippen molar-refractivity contribution in [2.75, 3.05) is 12.3 Å². The van der Waals surface area contributed by atoms with Gasteiger partial charge in [-0.3, -0.25) is 9.59 Å². The van der Waals surface area contributed by atoms with Gasteiger partial charge in [0.05, 0.1) is 5.75 Å². The Labute approximate surface area is 211 Å². The minimum absolute atomic E-state index is 0.115. The molecule has 1 atom stereocenters. The fourth-order valence-corrected chi connectivity index (χ4v) is 4.55. The average Bonchev–Trinajstić information content (AvgIpc) is 2.87. The number of carbonyl (C=O) groups excluding carboxylic acids is 2. The number of benzene rings is 3. The second kappa shape index (κ2) is 13.7. The van der Waals surface area contributed by atoms with Crippen LogP contribution in [-0.4, -0.2) is 35.1 Å². The van der Waals surface area contributed by atoms with Crippen molar-refractivity contribution in [3.05, 3.63) is 107 Å². The Hall–Kier alpha value is -3.12. The van der Waals surface area contributed by atoms with Crippen LogP contribution in [0.2, 0.25) is 0 Å². The lowest BCUT2D eigenvalue weighted by Gasteiger charge is -2.32. The van der Waals surface area contributed by atoms with Crippen molar-refractivity contribution in [2.45, 2.75) is 38.6 Å². The molecule has 0 aliphatic rings. The molecule has 0 saturated heterocycles. The number of hydrogen-bond acceptors (Lipinski definition) is 3. The first-order valence-corrected chi connectivity index (χ1v) is 13.0. The van der Waals surface area contributed by atoms with E-state index in [9.17, 15) is 14.0 Å². The molecule has 0 bridgehead atoms. The molecule has 0 radical (unpaired) electrons. The smallest absolute Gasteiger partial charge is 0.243 e. The largest absolute Gasteiger partial charge is 0.354 e. The van der Waals surface area contributed by atoms with E-state index in [-0.39, 0.29) is 29.9 Å². The fraction of sp³-hybridized carbons (Fsp3) is 0.310. The van der Waals surface area contributed by atoms with E-state index in [1.807, 2.05) is 74.5 Å². The molecule has 184 valence electrons. The molecule has 0 aromatic heterocycles. The summed E-state index contributed by atoms with van der Waals surface area (Å²) < 4.78 is 13.5. The van der Waals surface area contributed by atoms with E-state index < -0.39 is 6.04 Å². The van der Waals surface area contributed by atoms with E-state index >= 15 is 0 Å². The van der Waals surface area contributed by atoms with Gasteiger partial charge in [0.15, 0.2) is 0 Å². The lowest BCUT2D eigenvalue weighted by atomic mass is 10.0. The van der Waals surface area contributed by atoms with Gasteiger partial charge in [0.25, 0.3) is 0 Å². The molecule has 0 aliphatic heterocycles. The van der Waals surface area contributed by atoms with Crippen molar-refractivity contribution >= 4 is 23.6 Å².